The van der Waals surface area contributed by atoms with E-state index in [2.05, 4.69) is 187 Å². The van der Waals surface area contributed by atoms with Gasteiger partial charge < -0.3 is 9.38 Å². The summed E-state index contributed by atoms with van der Waals surface area (Å²) in [4.78, 5) is 2.65. The largest absolute Gasteiger partial charge is 0.376 e. The summed E-state index contributed by atoms with van der Waals surface area (Å²) in [5.74, 6) is 0. The molecular formula is C49H33BN2. The number of benzene rings is 8. The Balaban J connectivity index is 1.25. The molecular weight excluding hydrogens is 627 g/mol. The van der Waals surface area contributed by atoms with Gasteiger partial charge in [-0.05, 0) is 90.6 Å². The fourth-order valence-electron chi connectivity index (χ4n) is 10.1. The van der Waals surface area contributed by atoms with Gasteiger partial charge in [-0.3, -0.25) is 0 Å². The van der Waals surface area contributed by atoms with E-state index in [4.69, 9.17) is 0 Å². The van der Waals surface area contributed by atoms with Gasteiger partial charge >= 0.3 is 6.85 Å². The van der Waals surface area contributed by atoms with E-state index in [9.17, 15) is 0 Å². The quantitative estimate of drug-likeness (QED) is 0.168. The second kappa shape index (κ2) is 9.93. The molecule has 0 atom stereocenters. The van der Waals surface area contributed by atoms with Crippen LogP contribution < -0.4 is 15.7 Å². The summed E-state index contributed by atoms with van der Waals surface area (Å²) in [6.45, 7) is 4.81. The highest BCUT2D eigenvalue weighted by molar-refractivity contribution is 6.94. The van der Waals surface area contributed by atoms with Gasteiger partial charge in [-0.2, -0.15) is 0 Å². The number of aromatic nitrogens is 1. The van der Waals surface area contributed by atoms with E-state index in [1.807, 2.05) is 0 Å². The van der Waals surface area contributed by atoms with Crippen LogP contribution in [-0.2, 0) is 5.41 Å². The van der Waals surface area contributed by atoms with Crippen LogP contribution in [0.1, 0.15) is 25.0 Å². The molecule has 1 aliphatic carbocycles. The molecule has 8 aromatic carbocycles. The fourth-order valence-corrected chi connectivity index (χ4v) is 10.1. The standard InChI is InChI=1S/C49H33BN2/c1-49(2)40-21-11-10-19-37(40)48-45(49)38-20-12-22-41-47(38)51(48)43-29-34-17-8-9-18-36(34)44-39-27-32-15-6-7-16-33(32)28-42(39)52(50(41)46(43)44)35-25-23-31(24-26-35)30-13-4-3-5-14-30/h3-29H,1-2H3. The minimum Gasteiger partial charge on any atom is -0.376 e. The first kappa shape index (κ1) is 28.4. The maximum absolute atomic E-state index is 2.65. The van der Waals surface area contributed by atoms with Crippen LogP contribution in [0.15, 0.2) is 164 Å². The summed E-state index contributed by atoms with van der Waals surface area (Å²) < 4.78 is 2.65. The lowest BCUT2D eigenvalue weighted by Gasteiger charge is -2.43. The Morgan fingerprint density at radius 2 is 1.17 bits per heavy atom. The number of anilines is 2. The normalized spacial score (nSPS) is 14.4. The second-order valence-electron chi connectivity index (χ2n) is 15.3. The summed E-state index contributed by atoms with van der Waals surface area (Å²) in [6, 6.07) is 61.4. The first-order valence-electron chi connectivity index (χ1n) is 18.4. The Morgan fingerprint density at radius 1 is 0.519 bits per heavy atom. The Bertz CT molecular complexity index is 2990. The van der Waals surface area contributed by atoms with Crippen LogP contribution in [0.25, 0.3) is 71.6 Å². The van der Waals surface area contributed by atoms with Crippen LogP contribution in [0.5, 0.6) is 0 Å². The minimum atomic E-state index is -0.123. The molecule has 0 unspecified atom stereocenters. The molecule has 9 aromatic rings. The Morgan fingerprint density at radius 3 is 2.00 bits per heavy atom. The van der Waals surface area contributed by atoms with E-state index in [0.29, 0.717) is 0 Å². The third-order valence-corrected chi connectivity index (χ3v) is 12.3. The van der Waals surface area contributed by atoms with Gasteiger partial charge in [0.1, 0.15) is 0 Å². The van der Waals surface area contributed by atoms with Crippen molar-refractivity contribution in [3.8, 4) is 39.2 Å². The average molecular weight is 661 g/mol. The lowest BCUT2D eigenvalue weighted by Crippen LogP contribution is -2.60. The minimum absolute atomic E-state index is 0.0181. The molecule has 242 valence electrons. The van der Waals surface area contributed by atoms with Crippen LogP contribution in [-0.4, -0.2) is 11.4 Å². The summed E-state index contributed by atoms with van der Waals surface area (Å²) >= 11 is 0. The number of nitrogens with zero attached hydrogens (tertiary/aromatic N) is 2. The Kier molecular flexibility index (Phi) is 5.42. The van der Waals surface area contributed by atoms with Crippen molar-refractivity contribution in [2.45, 2.75) is 19.3 Å². The van der Waals surface area contributed by atoms with E-state index < -0.39 is 0 Å². The first-order chi connectivity index (χ1) is 25.6. The van der Waals surface area contributed by atoms with Crippen molar-refractivity contribution in [3.63, 3.8) is 0 Å². The van der Waals surface area contributed by atoms with Gasteiger partial charge in [0.05, 0.1) is 11.2 Å². The molecule has 0 N–H and O–H groups in total. The highest BCUT2D eigenvalue weighted by Gasteiger charge is 2.48. The molecule has 0 fully saturated rings. The molecule has 3 heteroatoms. The molecule has 3 heterocycles. The molecule has 52 heavy (non-hydrogen) atoms. The molecule has 0 bridgehead atoms. The van der Waals surface area contributed by atoms with E-state index in [-0.39, 0.29) is 12.3 Å². The van der Waals surface area contributed by atoms with Crippen molar-refractivity contribution in [3.05, 3.63) is 175 Å². The monoisotopic (exact) mass is 660 g/mol. The third kappa shape index (κ3) is 3.51. The first-order valence-corrected chi connectivity index (χ1v) is 18.4. The summed E-state index contributed by atoms with van der Waals surface area (Å²) in [5.41, 5.74) is 18.3. The fraction of sp³-hybridized carbons (Fsp3) is 0.0612. The second-order valence-corrected chi connectivity index (χ2v) is 15.3. The van der Waals surface area contributed by atoms with Crippen molar-refractivity contribution >= 4 is 61.6 Å². The molecule has 1 aromatic heterocycles. The zero-order valence-corrected chi connectivity index (χ0v) is 29.1. The zero-order chi connectivity index (χ0) is 34.3. The Hall–Kier alpha value is -6.32. The van der Waals surface area contributed by atoms with Crippen LogP contribution in [0.3, 0.4) is 0 Å². The zero-order valence-electron chi connectivity index (χ0n) is 29.1. The van der Waals surface area contributed by atoms with Crippen LogP contribution in [0.2, 0.25) is 0 Å². The van der Waals surface area contributed by atoms with E-state index >= 15 is 0 Å². The maximum Gasteiger partial charge on any atom is 0.333 e. The van der Waals surface area contributed by atoms with Gasteiger partial charge in [0.2, 0.25) is 0 Å². The van der Waals surface area contributed by atoms with Gasteiger partial charge in [-0.15, -0.1) is 0 Å². The lowest BCUT2D eigenvalue weighted by atomic mass is 9.43. The third-order valence-electron chi connectivity index (χ3n) is 12.3. The smallest absolute Gasteiger partial charge is 0.333 e. The van der Waals surface area contributed by atoms with Gasteiger partial charge in [0, 0.05) is 39.0 Å². The van der Waals surface area contributed by atoms with E-state index in [0.717, 1.165) is 0 Å². The number of hydrogen-bond acceptors (Lipinski definition) is 1. The Labute approximate surface area is 303 Å². The van der Waals surface area contributed by atoms with Crippen LogP contribution >= 0.6 is 0 Å². The summed E-state index contributed by atoms with van der Waals surface area (Å²) in [5, 5.41) is 6.46. The number of hydrogen-bond donors (Lipinski definition) is 0. The van der Waals surface area contributed by atoms with E-state index in [1.165, 1.54) is 105 Å². The number of rotatable bonds is 2. The van der Waals surface area contributed by atoms with Gasteiger partial charge in [-0.25, -0.2) is 0 Å². The topological polar surface area (TPSA) is 8.17 Å². The number of fused-ring (bicyclic) bond motifs is 12. The van der Waals surface area contributed by atoms with Gasteiger partial charge in [-0.1, -0.05) is 147 Å². The molecule has 2 nitrogen and oxygen atoms in total. The summed E-state index contributed by atoms with van der Waals surface area (Å²) in [7, 11) is 0. The van der Waals surface area contributed by atoms with Crippen molar-refractivity contribution in [2.75, 3.05) is 4.81 Å². The molecule has 2 aliphatic heterocycles. The van der Waals surface area contributed by atoms with E-state index in [1.54, 1.807) is 0 Å². The molecule has 3 aliphatic rings. The maximum atomic E-state index is 2.65. The van der Waals surface area contributed by atoms with Crippen molar-refractivity contribution in [2.24, 2.45) is 0 Å². The molecule has 0 saturated heterocycles. The summed E-state index contributed by atoms with van der Waals surface area (Å²) in [6.07, 6.45) is 0. The van der Waals surface area contributed by atoms with Crippen molar-refractivity contribution in [1.82, 2.24) is 4.57 Å². The predicted octanol–water partition coefficient (Wildman–Crippen LogP) is 11.1. The highest BCUT2D eigenvalue weighted by atomic mass is 15.1. The highest BCUT2D eigenvalue weighted by Crippen LogP contribution is 2.55. The molecule has 0 amide bonds. The SMILES string of the molecule is CC1(C)c2ccccc2-c2c1c1cccc3c1n2-c1cc2ccccc2c2c1B3N(c1ccc(-c3ccccc3)cc1)c1cc3ccccc3cc1-2. The van der Waals surface area contributed by atoms with Gasteiger partial charge in [0.25, 0.3) is 0 Å². The number of para-hydroxylation sites is 1. The van der Waals surface area contributed by atoms with Crippen molar-refractivity contribution < 1.29 is 0 Å². The lowest BCUT2D eigenvalue weighted by molar-refractivity contribution is 0.666. The van der Waals surface area contributed by atoms with Gasteiger partial charge in [0.15, 0.2) is 0 Å². The average Bonchev–Trinajstić information content (AvgIpc) is 3.67. The van der Waals surface area contributed by atoms with Crippen molar-refractivity contribution in [1.29, 1.82) is 0 Å². The molecule has 0 saturated carbocycles. The molecule has 12 rings (SSSR count). The van der Waals surface area contributed by atoms with Crippen LogP contribution in [0, 0.1) is 0 Å². The molecule has 0 radical (unpaired) electrons. The van der Waals surface area contributed by atoms with Crippen LogP contribution in [0.4, 0.5) is 11.4 Å². The molecule has 0 spiro atoms. The predicted molar refractivity (Wildman–Crippen MR) is 220 cm³/mol.